The average molecular weight is 353 g/mol. The van der Waals surface area contributed by atoms with Crippen molar-refractivity contribution < 1.29 is 9.84 Å². The molecule has 0 aliphatic carbocycles. The topological polar surface area (TPSA) is 85.5 Å². The number of hydrogen-bond acceptors (Lipinski definition) is 7. The van der Waals surface area contributed by atoms with Crippen LogP contribution in [0.5, 0.6) is 0 Å². The number of fused-ring (bicyclic) bond motifs is 1. The molecular formula is C19H23N5O2. The Morgan fingerprint density at radius 1 is 1.23 bits per heavy atom. The van der Waals surface area contributed by atoms with Gasteiger partial charge in [0.25, 0.3) is 0 Å². The Labute approximate surface area is 152 Å². The molecule has 1 aromatic heterocycles. The third kappa shape index (κ3) is 3.36. The van der Waals surface area contributed by atoms with E-state index in [0.717, 1.165) is 50.3 Å². The fourth-order valence-electron chi connectivity index (χ4n) is 4.00. The fraction of sp³-hybridized carbons (Fsp3) is 0.526. The van der Waals surface area contributed by atoms with Gasteiger partial charge in [-0.1, -0.05) is 0 Å². The van der Waals surface area contributed by atoms with Gasteiger partial charge in [0.05, 0.1) is 29.6 Å². The molecule has 1 N–H and O–H groups in total. The molecule has 7 heteroatoms. The van der Waals surface area contributed by atoms with E-state index < -0.39 is 0 Å². The smallest absolute Gasteiger partial charge is 0.113 e. The summed E-state index contributed by atoms with van der Waals surface area (Å²) in [5.74, 6) is 0. The molecule has 2 aliphatic rings. The highest BCUT2D eigenvalue weighted by molar-refractivity contribution is 5.92. The fourth-order valence-corrected chi connectivity index (χ4v) is 4.00. The van der Waals surface area contributed by atoms with Crippen molar-refractivity contribution >= 4 is 16.7 Å². The number of nitrogens with zero attached hydrogens (tertiary/aromatic N) is 5. The first-order chi connectivity index (χ1) is 12.6. The number of ether oxygens (including phenoxy) is 1. The summed E-state index contributed by atoms with van der Waals surface area (Å²) in [6.07, 6.45) is 4.08. The minimum Gasteiger partial charge on any atom is -0.392 e. The first kappa shape index (κ1) is 17.2. The Hall–Kier alpha value is -2.27. The standard InChI is InChI=1S/C19H23N5O2/c1-13-9-24(12-16(26-13)11-23-7-4-15(25)10-23)17-3-2-14(8-20)18-19(17)22-6-5-21-18/h2-3,5-6,13,15-16,25H,4,7,9-12H2,1H3/t13-,15+,16+/m1/s1. The minimum absolute atomic E-state index is 0.0754. The molecule has 0 saturated carbocycles. The lowest BCUT2D eigenvalue weighted by atomic mass is 10.1. The Morgan fingerprint density at radius 2 is 2.04 bits per heavy atom. The summed E-state index contributed by atoms with van der Waals surface area (Å²) >= 11 is 0. The van der Waals surface area contributed by atoms with Crippen LogP contribution in [0, 0.1) is 11.3 Å². The number of hydrogen-bond donors (Lipinski definition) is 1. The Morgan fingerprint density at radius 3 is 2.77 bits per heavy atom. The second-order valence-electron chi connectivity index (χ2n) is 7.17. The molecule has 4 rings (SSSR count). The number of aliphatic hydroxyl groups excluding tert-OH is 1. The molecule has 3 atom stereocenters. The molecule has 3 heterocycles. The van der Waals surface area contributed by atoms with Crippen LogP contribution in [-0.4, -0.2) is 71.0 Å². The SMILES string of the molecule is C[C@@H]1CN(c2ccc(C#N)c3nccnc23)C[C@H](CN2CC[C@H](O)C2)O1. The predicted molar refractivity (Wildman–Crippen MR) is 97.9 cm³/mol. The molecule has 2 saturated heterocycles. The zero-order valence-electron chi connectivity index (χ0n) is 14.9. The maximum atomic E-state index is 9.74. The third-order valence-electron chi connectivity index (χ3n) is 5.10. The molecule has 0 bridgehead atoms. The highest BCUT2D eigenvalue weighted by Crippen LogP contribution is 2.29. The molecular weight excluding hydrogens is 330 g/mol. The lowest BCUT2D eigenvalue weighted by Crippen LogP contribution is -2.50. The summed E-state index contributed by atoms with van der Waals surface area (Å²) in [6.45, 7) is 6.07. The quantitative estimate of drug-likeness (QED) is 0.886. The number of aliphatic hydroxyl groups is 1. The van der Waals surface area contributed by atoms with Crippen molar-refractivity contribution in [3.05, 3.63) is 30.1 Å². The van der Waals surface area contributed by atoms with Crippen LogP contribution in [0.25, 0.3) is 11.0 Å². The van der Waals surface area contributed by atoms with Gasteiger partial charge in [-0.15, -0.1) is 0 Å². The van der Waals surface area contributed by atoms with Crippen LogP contribution in [0.2, 0.25) is 0 Å². The molecule has 0 radical (unpaired) electrons. The van der Waals surface area contributed by atoms with Gasteiger partial charge in [0.1, 0.15) is 17.1 Å². The highest BCUT2D eigenvalue weighted by Gasteiger charge is 2.30. The van der Waals surface area contributed by atoms with Gasteiger partial charge in [0, 0.05) is 45.1 Å². The highest BCUT2D eigenvalue weighted by atomic mass is 16.5. The maximum absolute atomic E-state index is 9.74. The number of likely N-dealkylation sites (tertiary alicyclic amines) is 1. The first-order valence-electron chi connectivity index (χ1n) is 9.08. The van der Waals surface area contributed by atoms with Crippen LogP contribution in [0.1, 0.15) is 18.9 Å². The molecule has 26 heavy (non-hydrogen) atoms. The van der Waals surface area contributed by atoms with Gasteiger partial charge in [-0.3, -0.25) is 14.9 Å². The number of anilines is 1. The Kier molecular flexibility index (Phi) is 4.72. The molecule has 0 unspecified atom stereocenters. The zero-order chi connectivity index (χ0) is 18.1. The van der Waals surface area contributed by atoms with Gasteiger partial charge in [-0.25, -0.2) is 0 Å². The second kappa shape index (κ2) is 7.16. The molecule has 7 nitrogen and oxygen atoms in total. The monoisotopic (exact) mass is 353 g/mol. The van der Waals surface area contributed by atoms with E-state index in [4.69, 9.17) is 4.74 Å². The van der Waals surface area contributed by atoms with E-state index >= 15 is 0 Å². The molecule has 1 aromatic carbocycles. The van der Waals surface area contributed by atoms with Gasteiger partial charge < -0.3 is 14.7 Å². The lowest BCUT2D eigenvalue weighted by molar-refractivity contribution is -0.0304. The van der Waals surface area contributed by atoms with Crippen molar-refractivity contribution in [1.82, 2.24) is 14.9 Å². The number of nitriles is 1. The van der Waals surface area contributed by atoms with Crippen molar-refractivity contribution in [3.63, 3.8) is 0 Å². The van der Waals surface area contributed by atoms with Crippen LogP contribution in [0.3, 0.4) is 0 Å². The van der Waals surface area contributed by atoms with E-state index in [1.165, 1.54) is 0 Å². The van der Waals surface area contributed by atoms with Crippen LogP contribution in [0.15, 0.2) is 24.5 Å². The number of aromatic nitrogens is 2. The Balaban J connectivity index is 1.59. The molecule has 2 aliphatic heterocycles. The molecule has 0 amide bonds. The van der Waals surface area contributed by atoms with E-state index in [0.29, 0.717) is 11.1 Å². The largest absolute Gasteiger partial charge is 0.392 e. The van der Waals surface area contributed by atoms with E-state index in [9.17, 15) is 10.4 Å². The molecule has 2 fully saturated rings. The van der Waals surface area contributed by atoms with Gasteiger partial charge in [0.15, 0.2) is 0 Å². The van der Waals surface area contributed by atoms with Crippen LogP contribution in [-0.2, 0) is 4.74 Å². The summed E-state index contributed by atoms with van der Waals surface area (Å²) in [6, 6.07) is 5.97. The summed E-state index contributed by atoms with van der Waals surface area (Å²) in [5, 5.41) is 19.1. The summed E-state index contributed by atoms with van der Waals surface area (Å²) in [5.41, 5.74) is 2.94. The molecule has 0 spiro atoms. The summed E-state index contributed by atoms with van der Waals surface area (Å²) in [4.78, 5) is 13.4. The zero-order valence-corrected chi connectivity index (χ0v) is 14.9. The van der Waals surface area contributed by atoms with Gasteiger partial charge in [-0.05, 0) is 25.5 Å². The number of morpholine rings is 1. The minimum atomic E-state index is -0.218. The Bertz CT molecular complexity index is 836. The number of β-amino-alcohol motifs (C(OH)–C–C–N with tert-alkyl or cyclic N) is 1. The normalized spacial score (nSPS) is 27.0. The van der Waals surface area contributed by atoms with Crippen molar-refractivity contribution in [2.45, 2.75) is 31.7 Å². The molecule has 136 valence electrons. The number of benzene rings is 1. The third-order valence-corrected chi connectivity index (χ3v) is 5.10. The van der Waals surface area contributed by atoms with E-state index in [1.807, 2.05) is 12.1 Å². The van der Waals surface area contributed by atoms with Gasteiger partial charge in [-0.2, -0.15) is 5.26 Å². The van der Waals surface area contributed by atoms with Gasteiger partial charge in [0.2, 0.25) is 0 Å². The van der Waals surface area contributed by atoms with E-state index in [-0.39, 0.29) is 18.3 Å². The maximum Gasteiger partial charge on any atom is 0.113 e. The number of rotatable bonds is 3. The van der Waals surface area contributed by atoms with Crippen LogP contribution >= 0.6 is 0 Å². The lowest BCUT2D eigenvalue weighted by Gasteiger charge is -2.39. The van der Waals surface area contributed by atoms with Gasteiger partial charge >= 0.3 is 0 Å². The second-order valence-corrected chi connectivity index (χ2v) is 7.17. The van der Waals surface area contributed by atoms with Crippen LogP contribution < -0.4 is 4.90 Å². The van der Waals surface area contributed by atoms with Crippen LogP contribution in [0.4, 0.5) is 5.69 Å². The van der Waals surface area contributed by atoms with E-state index in [1.54, 1.807) is 12.4 Å². The summed E-state index contributed by atoms with van der Waals surface area (Å²) in [7, 11) is 0. The first-order valence-corrected chi connectivity index (χ1v) is 9.08. The van der Waals surface area contributed by atoms with E-state index in [2.05, 4.69) is 32.8 Å². The predicted octanol–water partition coefficient (Wildman–Crippen LogP) is 1.16. The summed E-state index contributed by atoms with van der Waals surface area (Å²) < 4.78 is 6.14. The molecule has 2 aromatic rings. The van der Waals surface area contributed by atoms with Crippen molar-refractivity contribution in [2.75, 3.05) is 37.6 Å². The van der Waals surface area contributed by atoms with Crippen molar-refractivity contribution in [1.29, 1.82) is 5.26 Å². The van der Waals surface area contributed by atoms with Crippen molar-refractivity contribution in [3.8, 4) is 6.07 Å². The average Bonchev–Trinajstić information content (AvgIpc) is 3.05. The van der Waals surface area contributed by atoms with Crippen molar-refractivity contribution in [2.24, 2.45) is 0 Å².